The van der Waals surface area contributed by atoms with Crippen LogP contribution in [0.2, 0.25) is 0 Å². The van der Waals surface area contributed by atoms with Gasteiger partial charge in [0.15, 0.2) is 0 Å². The number of carbonyl (C=O) groups is 1. The molecule has 5 atom stereocenters. The van der Waals surface area contributed by atoms with Gasteiger partial charge in [-0.15, -0.1) is 0 Å². The Labute approximate surface area is 129 Å². The number of nitrogens with zero attached hydrogens (tertiary/aromatic N) is 1. The Morgan fingerprint density at radius 1 is 1.33 bits per heavy atom. The first-order valence-electron chi connectivity index (χ1n) is 8.46. The summed E-state index contributed by atoms with van der Waals surface area (Å²) in [6, 6.07) is 0.449. The summed E-state index contributed by atoms with van der Waals surface area (Å²) in [7, 11) is 0. The highest BCUT2D eigenvalue weighted by Gasteiger charge is 2.47. The predicted octanol–water partition coefficient (Wildman–Crippen LogP) is 2.41. The summed E-state index contributed by atoms with van der Waals surface area (Å²) in [6.45, 7) is 12.2. The zero-order chi connectivity index (χ0) is 15.8. The van der Waals surface area contributed by atoms with Crippen LogP contribution in [0.4, 0.5) is 0 Å². The van der Waals surface area contributed by atoms with Crippen LogP contribution < -0.4 is 5.73 Å². The molecule has 1 saturated heterocycles. The zero-order valence-electron chi connectivity index (χ0n) is 14.3. The fraction of sp³-hybridized carbons (Fsp3) is 0.941. The summed E-state index contributed by atoms with van der Waals surface area (Å²) in [5.74, 6) is 0.783. The Morgan fingerprint density at radius 3 is 2.62 bits per heavy atom. The minimum absolute atomic E-state index is 0.0332. The molecule has 0 aromatic carbocycles. The molecule has 0 aromatic heterocycles. The molecule has 0 spiro atoms. The van der Waals surface area contributed by atoms with Crippen molar-refractivity contribution >= 4 is 5.91 Å². The lowest BCUT2D eigenvalue weighted by atomic mass is 9.60. The third-order valence-electron chi connectivity index (χ3n) is 6.02. The molecule has 2 rings (SSSR count). The van der Waals surface area contributed by atoms with Crippen LogP contribution in [0.5, 0.6) is 0 Å². The largest absolute Gasteiger partial charge is 0.375 e. The molecule has 5 unspecified atom stereocenters. The van der Waals surface area contributed by atoms with Gasteiger partial charge < -0.3 is 15.4 Å². The number of carbonyl (C=O) groups excluding carboxylic acids is 1. The molecular weight excluding hydrogens is 264 g/mol. The molecule has 122 valence electrons. The van der Waals surface area contributed by atoms with E-state index in [0.29, 0.717) is 18.4 Å². The minimum atomic E-state index is -0.0332. The van der Waals surface area contributed by atoms with E-state index >= 15 is 0 Å². The highest BCUT2D eigenvalue weighted by Crippen LogP contribution is 2.45. The van der Waals surface area contributed by atoms with Crippen molar-refractivity contribution in [3.05, 3.63) is 0 Å². The summed E-state index contributed by atoms with van der Waals surface area (Å²) < 4.78 is 5.73. The molecule has 0 bridgehead atoms. The van der Waals surface area contributed by atoms with Crippen molar-refractivity contribution in [2.75, 3.05) is 13.2 Å². The van der Waals surface area contributed by atoms with E-state index < -0.39 is 0 Å². The van der Waals surface area contributed by atoms with Gasteiger partial charge in [-0.1, -0.05) is 27.7 Å². The number of hydrogen-bond acceptors (Lipinski definition) is 3. The number of nitrogens with two attached hydrogens (primary N) is 1. The van der Waals surface area contributed by atoms with Gasteiger partial charge in [0.2, 0.25) is 5.91 Å². The van der Waals surface area contributed by atoms with Crippen molar-refractivity contribution in [3.8, 4) is 0 Å². The molecule has 0 radical (unpaired) electrons. The Balaban J connectivity index is 2.17. The van der Waals surface area contributed by atoms with Crippen LogP contribution in [0.25, 0.3) is 0 Å². The van der Waals surface area contributed by atoms with Gasteiger partial charge in [0.05, 0.1) is 18.8 Å². The highest BCUT2D eigenvalue weighted by molar-refractivity contribution is 5.80. The molecule has 2 aliphatic rings. The van der Waals surface area contributed by atoms with E-state index in [-0.39, 0.29) is 29.5 Å². The van der Waals surface area contributed by atoms with Gasteiger partial charge in [-0.25, -0.2) is 0 Å². The van der Waals surface area contributed by atoms with Crippen molar-refractivity contribution in [3.63, 3.8) is 0 Å². The Kier molecular flexibility index (Phi) is 4.99. The van der Waals surface area contributed by atoms with Crippen LogP contribution in [-0.4, -0.2) is 42.1 Å². The second kappa shape index (κ2) is 6.25. The van der Waals surface area contributed by atoms with Gasteiger partial charge in [-0.2, -0.15) is 0 Å². The second-order valence-corrected chi connectivity index (χ2v) is 7.60. The molecule has 4 nitrogen and oxygen atoms in total. The number of ether oxygens (including phenoxy) is 1. The molecule has 1 aliphatic carbocycles. The lowest BCUT2D eigenvalue weighted by Gasteiger charge is -2.49. The van der Waals surface area contributed by atoms with E-state index in [0.717, 1.165) is 25.8 Å². The summed E-state index contributed by atoms with van der Waals surface area (Å²) in [6.07, 6.45) is 2.97. The van der Waals surface area contributed by atoms with Gasteiger partial charge in [0.1, 0.15) is 0 Å². The lowest BCUT2D eigenvalue weighted by Crippen LogP contribution is -2.57. The van der Waals surface area contributed by atoms with E-state index in [2.05, 4.69) is 39.5 Å². The van der Waals surface area contributed by atoms with E-state index in [1.165, 1.54) is 0 Å². The molecule has 2 N–H and O–H groups in total. The van der Waals surface area contributed by atoms with Crippen molar-refractivity contribution in [1.29, 1.82) is 0 Å². The van der Waals surface area contributed by atoms with Gasteiger partial charge in [0, 0.05) is 18.5 Å². The number of rotatable bonds is 2. The highest BCUT2D eigenvalue weighted by atomic mass is 16.5. The lowest BCUT2D eigenvalue weighted by molar-refractivity contribution is -0.156. The smallest absolute Gasteiger partial charge is 0.226 e. The number of hydrogen-bond donors (Lipinski definition) is 1. The molecule has 2 fully saturated rings. The summed E-state index contributed by atoms with van der Waals surface area (Å²) in [5.41, 5.74) is 6.19. The monoisotopic (exact) mass is 296 g/mol. The maximum absolute atomic E-state index is 13.2. The van der Waals surface area contributed by atoms with Crippen LogP contribution in [0.1, 0.15) is 53.9 Å². The third kappa shape index (κ3) is 3.11. The molecule has 4 heteroatoms. The minimum Gasteiger partial charge on any atom is -0.375 e. The average Bonchev–Trinajstić information content (AvgIpc) is 2.44. The summed E-state index contributed by atoms with van der Waals surface area (Å²) in [4.78, 5) is 15.3. The van der Waals surface area contributed by atoms with E-state index in [9.17, 15) is 4.79 Å². The first-order chi connectivity index (χ1) is 9.78. The second-order valence-electron chi connectivity index (χ2n) is 7.60. The molecule has 1 heterocycles. The number of morpholine rings is 1. The third-order valence-corrected chi connectivity index (χ3v) is 6.02. The topological polar surface area (TPSA) is 55.6 Å². The Bertz CT molecular complexity index is 383. The van der Waals surface area contributed by atoms with Crippen LogP contribution in [0, 0.1) is 17.3 Å². The molecular formula is C17H32N2O2. The van der Waals surface area contributed by atoms with Crippen molar-refractivity contribution in [1.82, 2.24) is 4.90 Å². The van der Waals surface area contributed by atoms with Crippen molar-refractivity contribution in [2.45, 2.75) is 72.1 Å². The van der Waals surface area contributed by atoms with Gasteiger partial charge in [-0.3, -0.25) is 4.79 Å². The zero-order valence-corrected chi connectivity index (χ0v) is 14.3. The Hall–Kier alpha value is -0.610. The van der Waals surface area contributed by atoms with Crippen LogP contribution in [0.15, 0.2) is 0 Å². The van der Waals surface area contributed by atoms with Crippen LogP contribution in [0.3, 0.4) is 0 Å². The SMILES string of the molecule is CCC1COC(C)CN1C(=O)C1CCC(N)C(C)C1(C)C. The van der Waals surface area contributed by atoms with E-state index in [1.807, 2.05) is 0 Å². The predicted molar refractivity (Wildman–Crippen MR) is 84.9 cm³/mol. The summed E-state index contributed by atoms with van der Waals surface area (Å²) in [5, 5.41) is 0. The average molecular weight is 296 g/mol. The van der Waals surface area contributed by atoms with Crippen LogP contribution >= 0.6 is 0 Å². The molecule has 1 amide bonds. The van der Waals surface area contributed by atoms with Crippen molar-refractivity contribution < 1.29 is 9.53 Å². The fourth-order valence-corrected chi connectivity index (χ4v) is 3.94. The quantitative estimate of drug-likeness (QED) is 0.851. The van der Waals surface area contributed by atoms with Gasteiger partial charge in [-0.05, 0) is 37.5 Å². The fourth-order valence-electron chi connectivity index (χ4n) is 3.94. The molecule has 1 saturated carbocycles. The number of amides is 1. The van der Waals surface area contributed by atoms with Gasteiger partial charge >= 0.3 is 0 Å². The maximum Gasteiger partial charge on any atom is 0.226 e. The molecule has 0 aromatic rings. The van der Waals surface area contributed by atoms with Crippen molar-refractivity contribution in [2.24, 2.45) is 23.0 Å². The van der Waals surface area contributed by atoms with E-state index in [1.54, 1.807) is 0 Å². The van der Waals surface area contributed by atoms with Gasteiger partial charge in [0.25, 0.3) is 0 Å². The Morgan fingerprint density at radius 2 is 2.00 bits per heavy atom. The normalized spacial score (nSPS) is 40.1. The first kappa shape index (κ1) is 16.8. The molecule has 1 aliphatic heterocycles. The maximum atomic E-state index is 13.2. The summed E-state index contributed by atoms with van der Waals surface area (Å²) >= 11 is 0. The standard InChI is InChI=1S/C17H32N2O2/c1-6-13-10-21-11(2)9-19(13)16(20)14-7-8-15(18)12(3)17(14,4)5/h11-15H,6-10,18H2,1-5H3. The molecule has 21 heavy (non-hydrogen) atoms. The van der Waals surface area contributed by atoms with E-state index in [4.69, 9.17) is 10.5 Å². The van der Waals surface area contributed by atoms with Crippen LogP contribution in [-0.2, 0) is 9.53 Å². The first-order valence-corrected chi connectivity index (χ1v) is 8.46.